The first-order valence-corrected chi connectivity index (χ1v) is 16.1. The molecule has 0 N–H and O–H groups in total. The number of rotatable bonds is 16. The van der Waals surface area contributed by atoms with Crippen LogP contribution in [0, 0.1) is 0 Å². The number of ketones is 2. The Morgan fingerprint density at radius 2 is 0.860 bits per heavy atom. The standard InChI is InChI=1S/2C17H21F3O5/c2*1-12(21)4-2-3-5-16-22-10-15(11-23-16)24-13-6-8-14(9-7-13)25-17(18,19)20/h2*6-9,15-16H,2-5,10-11H2,1H3. The highest BCUT2D eigenvalue weighted by atomic mass is 19.4. The summed E-state index contributed by atoms with van der Waals surface area (Å²) in [6, 6.07) is 10.3. The molecule has 2 aromatic carbocycles. The van der Waals surface area contributed by atoms with Crippen molar-refractivity contribution < 1.29 is 73.8 Å². The lowest BCUT2D eigenvalue weighted by Crippen LogP contribution is -2.39. The lowest BCUT2D eigenvalue weighted by atomic mass is 10.1. The zero-order chi connectivity index (χ0) is 36.6. The first-order valence-electron chi connectivity index (χ1n) is 16.1. The van der Waals surface area contributed by atoms with Gasteiger partial charge in [-0.15, -0.1) is 26.3 Å². The van der Waals surface area contributed by atoms with Gasteiger partial charge >= 0.3 is 12.7 Å². The lowest BCUT2D eigenvalue weighted by Gasteiger charge is -2.29. The summed E-state index contributed by atoms with van der Waals surface area (Å²) in [5, 5.41) is 0. The Labute approximate surface area is 286 Å². The highest BCUT2D eigenvalue weighted by Gasteiger charge is 2.32. The van der Waals surface area contributed by atoms with Gasteiger partial charge in [-0.2, -0.15) is 0 Å². The Hall–Kier alpha value is -3.60. The molecule has 280 valence electrons. The van der Waals surface area contributed by atoms with Gasteiger partial charge in [-0.3, -0.25) is 0 Å². The topological polar surface area (TPSA) is 108 Å². The Morgan fingerprint density at radius 3 is 1.14 bits per heavy atom. The van der Waals surface area contributed by atoms with E-state index in [1.165, 1.54) is 48.5 Å². The number of hydrogen-bond donors (Lipinski definition) is 0. The Kier molecular flexibility index (Phi) is 16.6. The molecule has 10 nitrogen and oxygen atoms in total. The predicted molar refractivity (Wildman–Crippen MR) is 165 cm³/mol. The maximum atomic E-state index is 12.1. The zero-order valence-electron chi connectivity index (χ0n) is 27.8. The molecular weight excluding hydrogens is 682 g/mol. The molecular formula is C34H42F6O10. The Bertz CT molecular complexity index is 1170. The van der Waals surface area contributed by atoms with Crippen LogP contribution in [0.5, 0.6) is 23.0 Å². The minimum atomic E-state index is -4.72. The van der Waals surface area contributed by atoms with E-state index in [-0.39, 0.29) is 47.9 Å². The van der Waals surface area contributed by atoms with Crippen molar-refractivity contribution in [3.63, 3.8) is 0 Å². The fraction of sp³-hybridized carbons (Fsp3) is 0.588. The molecule has 0 saturated carbocycles. The average molecular weight is 725 g/mol. The van der Waals surface area contributed by atoms with Gasteiger partial charge in [-0.1, -0.05) is 0 Å². The molecule has 2 heterocycles. The third kappa shape index (κ3) is 17.9. The SMILES string of the molecule is CC(=O)CCCCC1OCC(Oc2ccc(OC(F)(F)F)cc2)CO1.CC(=O)CCCCC1OCC(Oc2ccc(OC(F)(F)F)cc2)CO1. The first kappa shape index (κ1) is 40.8. The second kappa shape index (κ2) is 20.3. The third-order valence-corrected chi connectivity index (χ3v) is 7.03. The van der Waals surface area contributed by atoms with Gasteiger partial charge < -0.3 is 47.5 Å². The van der Waals surface area contributed by atoms with Gasteiger partial charge in [-0.25, -0.2) is 0 Å². The number of hydrogen-bond acceptors (Lipinski definition) is 10. The maximum absolute atomic E-state index is 12.1. The summed E-state index contributed by atoms with van der Waals surface area (Å²) < 4.78 is 114. The summed E-state index contributed by atoms with van der Waals surface area (Å²) in [5.41, 5.74) is 0. The van der Waals surface area contributed by atoms with Crippen molar-refractivity contribution in [1.82, 2.24) is 0 Å². The molecule has 0 bridgehead atoms. The van der Waals surface area contributed by atoms with Crippen LogP contribution in [0.2, 0.25) is 0 Å². The molecule has 2 aliphatic rings. The summed E-state index contributed by atoms with van der Waals surface area (Å²) in [4.78, 5) is 21.7. The smallest absolute Gasteiger partial charge is 0.486 e. The van der Waals surface area contributed by atoms with Crippen molar-refractivity contribution in [1.29, 1.82) is 0 Å². The minimum Gasteiger partial charge on any atom is -0.486 e. The van der Waals surface area contributed by atoms with E-state index in [0.29, 0.717) is 63.6 Å². The molecule has 2 saturated heterocycles. The van der Waals surface area contributed by atoms with Crippen molar-refractivity contribution in [2.24, 2.45) is 0 Å². The Balaban J connectivity index is 0.000000270. The van der Waals surface area contributed by atoms with E-state index >= 15 is 0 Å². The van der Waals surface area contributed by atoms with Gasteiger partial charge in [0.25, 0.3) is 0 Å². The van der Waals surface area contributed by atoms with Gasteiger partial charge in [-0.05, 0) is 101 Å². The number of ether oxygens (including phenoxy) is 8. The van der Waals surface area contributed by atoms with Crippen LogP contribution in [-0.4, -0.2) is 75.5 Å². The molecule has 2 aliphatic heterocycles. The van der Waals surface area contributed by atoms with E-state index < -0.39 is 12.7 Å². The van der Waals surface area contributed by atoms with Crippen LogP contribution < -0.4 is 18.9 Å². The van der Waals surface area contributed by atoms with E-state index in [0.717, 1.165) is 25.7 Å². The van der Waals surface area contributed by atoms with Gasteiger partial charge in [0.1, 0.15) is 46.8 Å². The molecule has 0 radical (unpaired) electrons. The quantitative estimate of drug-likeness (QED) is 0.126. The monoisotopic (exact) mass is 724 g/mol. The van der Waals surface area contributed by atoms with Crippen molar-refractivity contribution in [3.05, 3.63) is 48.5 Å². The molecule has 0 aromatic heterocycles. The fourth-order valence-electron chi connectivity index (χ4n) is 4.72. The normalized spacial score (nSPS) is 21.0. The first-order chi connectivity index (χ1) is 23.6. The van der Waals surface area contributed by atoms with Gasteiger partial charge in [0, 0.05) is 12.8 Å². The molecule has 0 spiro atoms. The molecule has 16 heteroatoms. The van der Waals surface area contributed by atoms with Crippen molar-refractivity contribution >= 4 is 11.6 Å². The number of benzene rings is 2. The highest BCUT2D eigenvalue weighted by Crippen LogP contribution is 2.27. The van der Waals surface area contributed by atoms with E-state index in [2.05, 4.69) is 9.47 Å². The largest absolute Gasteiger partial charge is 0.573 e. The van der Waals surface area contributed by atoms with Gasteiger partial charge in [0.2, 0.25) is 0 Å². The van der Waals surface area contributed by atoms with E-state index in [1.807, 2.05) is 0 Å². The van der Waals surface area contributed by atoms with Crippen LogP contribution >= 0.6 is 0 Å². The third-order valence-electron chi connectivity index (χ3n) is 7.03. The average Bonchev–Trinajstić information content (AvgIpc) is 3.04. The maximum Gasteiger partial charge on any atom is 0.573 e. The number of Topliss-reactive ketones (excluding diaryl/α,β-unsaturated/α-hetero) is 2. The lowest BCUT2D eigenvalue weighted by molar-refractivity contribution is -0.275. The number of alkyl halides is 6. The summed E-state index contributed by atoms with van der Waals surface area (Å²) >= 11 is 0. The number of carbonyl (C=O) groups excluding carboxylic acids is 2. The highest BCUT2D eigenvalue weighted by molar-refractivity contribution is 5.75. The molecule has 2 fully saturated rings. The molecule has 0 amide bonds. The number of carbonyl (C=O) groups is 2. The number of halogens is 6. The van der Waals surface area contributed by atoms with Crippen molar-refractivity contribution in [2.45, 2.75) is 103 Å². The van der Waals surface area contributed by atoms with Crippen LogP contribution in [0.25, 0.3) is 0 Å². The van der Waals surface area contributed by atoms with E-state index in [1.54, 1.807) is 13.8 Å². The second-order valence-corrected chi connectivity index (χ2v) is 11.6. The summed E-state index contributed by atoms with van der Waals surface area (Å²) in [7, 11) is 0. The number of unbranched alkanes of at least 4 members (excludes halogenated alkanes) is 2. The predicted octanol–water partition coefficient (Wildman–Crippen LogP) is 7.71. The van der Waals surface area contributed by atoms with Gasteiger partial charge in [0.05, 0.1) is 26.4 Å². The summed E-state index contributed by atoms with van der Waals surface area (Å²) in [6.45, 7) is 4.46. The van der Waals surface area contributed by atoms with Crippen molar-refractivity contribution in [3.8, 4) is 23.0 Å². The van der Waals surface area contributed by atoms with E-state index in [4.69, 9.17) is 28.4 Å². The van der Waals surface area contributed by atoms with E-state index in [9.17, 15) is 35.9 Å². The minimum absolute atomic E-state index is 0.172. The fourth-order valence-corrected chi connectivity index (χ4v) is 4.72. The van der Waals surface area contributed by atoms with Crippen LogP contribution in [0.4, 0.5) is 26.3 Å². The molecule has 0 atom stereocenters. The molecule has 50 heavy (non-hydrogen) atoms. The molecule has 0 unspecified atom stereocenters. The summed E-state index contributed by atoms with van der Waals surface area (Å²) in [5.74, 6) is 0.553. The van der Waals surface area contributed by atoms with Crippen LogP contribution in [0.1, 0.15) is 65.2 Å². The van der Waals surface area contributed by atoms with Crippen LogP contribution in [-0.2, 0) is 28.5 Å². The molecule has 0 aliphatic carbocycles. The van der Waals surface area contributed by atoms with Crippen molar-refractivity contribution in [2.75, 3.05) is 26.4 Å². The molecule has 2 aromatic rings. The molecule has 4 rings (SSSR count). The summed E-state index contributed by atoms with van der Waals surface area (Å²) in [6.07, 6.45) is -4.86. The van der Waals surface area contributed by atoms with Crippen LogP contribution in [0.15, 0.2) is 48.5 Å². The van der Waals surface area contributed by atoms with Crippen LogP contribution in [0.3, 0.4) is 0 Å². The second-order valence-electron chi connectivity index (χ2n) is 11.6. The van der Waals surface area contributed by atoms with Gasteiger partial charge in [0.15, 0.2) is 12.6 Å². The Morgan fingerprint density at radius 1 is 0.560 bits per heavy atom. The zero-order valence-corrected chi connectivity index (χ0v) is 27.8.